The lowest BCUT2D eigenvalue weighted by Crippen LogP contribution is -2.67. The molecule has 198 valence electrons. The molecule has 0 aromatic heterocycles. The van der Waals surface area contributed by atoms with E-state index >= 15 is 0 Å². The average molecular weight is 507 g/mol. The highest BCUT2D eigenvalue weighted by Crippen LogP contribution is 2.77. The second-order valence-electron chi connectivity index (χ2n) is 11.2. The monoisotopic (exact) mass is 506 g/mol. The topological polar surface area (TPSA) is 157 Å². The van der Waals surface area contributed by atoms with Crippen LogP contribution in [0.2, 0.25) is 0 Å². The molecule has 10 heteroatoms. The third kappa shape index (κ3) is 3.20. The van der Waals surface area contributed by atoms with Crippen molar-refractivity contribution in [3.05, 3.63) is 23.3 Å². The maximum Gasteiger partial charge on any atom is 0.303 e. The highest BCUT2D eigenvalue weighted by atomic mass is 16.6. The van der Waals surface area contributed by atoms with Crippen LogP contribution in [0.1, 0.15) is 48.5 Å². The normalized spacial score (nSPS) is 44.1. The Morgan fingerprint density at radius 1 is 1.06 bits per heavy atom. The molecule has 4 aliphatic carbocycles. The summed E-state index contributed by atoms with van der Waals surface area (Å²) in [6.45, 7) is 9.88. The van der Waals surface area contributed by atoms with Gasteiger partial charge in [-0.1, -0.05) is 26.8 Å². The van der Waals surface area contributed by atoms with Gasteiger partial charge in [0.15, 0.2) is 17.0 Å². The van der Waals surface area contributed by atoms with Gasteiger partial charge >= 0.3 is 17.9 Å². The average Bonchev–Trinajstić information content (AvgIpc) is 3.15. The lowest BCUT2D eigenvalue weighted by Gasteiger charge is -2.54. The Balaban J connectivity index is 1.98. The van der Waals surface area contributed by atoms with Gasteiger partial charge in [0.1, 0.15) is 12.7 Å². The first-order valence-corrected chi connectivity index (χ1v) is 12.1. The van der Waals surface area contributed by atoms with Crippen molar-refractivity contribution < 1.29 is 48.7 Å². The van der Waals surface area contributed by atoms with Gasteiger partial charge in [-0.05, 0) is 24.1 Å². The molecule has 10 nitrogen and oxygen atoms in total. The fourth-order valence-corrected chi connectivity index (χ4v) is 7.49. The smallest absolute Gasteiger partial charge is 0.303 e. The van der Waals surface area contributed by atoms with Crippen molar-refractivity contribution in [2.24, 2.45) is 29.1 Å². The Kier molecular flexibility index (Phi) is 5.87. The molecule has 0 spiro atoms. The third-order valence-electron chi connectivity index (χ3n) is 8.95. The van der Waals surface area contributed by atoms with Crippen LogP contribution < -0.4 is 0 Å². The summed E-state index contributed by atoms with van der Waals surface area (Å²) in [6, 6.07) is 0. The van der Waals surface area contributed by atoms with Gasteiger partial charge < -0.3 is 29.5 Å². The number of hydrogen-bond acceptors (Lipinski definition) is 10. The maximum atomic E-state index is 13.2. The second kappa shape index (κ2) is 7.97. The predicted molar refractivity (Wildman–Crippen MR) is 123 cm³/mol. The number of aliphatic hydroxyl groups excluding tert-OH is 1. The molecule has 0 radical (unpaired) electrons. The van der Waals surface area contributed by atoms with Crippen molar-refractivity contribution in [3.8, 4) is 0 Å². The van der Waals surface area contributed by atoms with Gasteiger partial charge in [0, 0.05) is 49.9 Å². The number of rotatable bonds is 4. The van der Waals surface area contributed by atoms with E-state index < -0.39 is 88.4 Å². The van der Waals surface area contributed by atoms with Crippen LogP contribution in [0.4, 0.5) is 0 Å². The fourth-order valence-electron chi connectivity index (χ4n) is 7.49. The number of aliphatic hydroxyl groups is 3. The van der Waals surface area contributed by atoms with Crippen molar-refractivity contribution in [3.63, 3.8) is 0 Å². The van der Waals surface area contributed by atoms with Crippen LogP contribution in [0.15, 0.2) is 23.3 Å². The Morgan fingerprint density at radius 2 is 1.67 bits per heavy atom. The summed E-state index contributed by atoms with van der Waals surface area (Å²) >= 11 is 0. The zero-order chi connectivity index (χ0) is 27.2. The van der Waals surface area contributed by atoms with Crippen LogP contribution in [-0.2, 0) is 33.4 Å². The number of hydrogen-bond donors (Lipinski definition) is 3. The quantitative estimate of drug-likeness (QED) is 0.280. The Labute approximate surface area is 209 Å². The van der Waals surface area contributed by atoms with Crippen molar-refractivity contribution >= 4 is 23.7 Å². The molecule has 0 unspecified atom stereocenters. The Morgan fingerprint density at radius 3 is 2.19 bits per heavy atom. The van der Waals surface area contributed by atoms with Crippen LogP contribution in [0.5, 0.6) is 0 Å². The minimum Gasteiger partial charge on any atom is -0.461 e. The zero-order valence-electron chi connectivity index (χ0n) is 21.5. The second-order valence-corrected chi connectivity index (χ2v) is 11.2. The molecule has 9 atom stereocenters. The molecule has 0 aliphatic heterocycles. The first-order valence-electron chi connectivity index (χ1n) is 12.1. The largest absolute Gasteiger partial charge is 0.461 e. The van der Waals surface area contributed by atoms with Gasteiger partial charge in [0.05, 0.1) is 11.7 Å². The molecule has 0 aromatic rings. The van der Waals surface area contributed by atoms with Crippen LogP contribution in [0.25, 0.3) is 0 Å². The van der Waals surface area contributed by atoms with E-state index in [1.54, 1.807) is 20.8 Å². The SMILES string of the molecule is CC(=O)OCC1=C[C@]2(O)C(=O)C(C)=C[C@H]2[C@]2(O)[C@H]([C@@H]3C(C)(C)[C@]3(OC(C)=O)[C@H](OC(C)=O)[C@H]2C)[C@H]1O. The number of carbonyl (C=O) groups is 4. The molecule has 0 aromatic carbocycles. The van der Waals surface area contributed by atoms with E-state index in [1.807, 2.05) is 0 Å². The van der Waals surface area contributed by atoms with E-state index in [0.29, 0.717) is 0 Å². The first-order chi connectivity index (χ1) is 16.5. The van der Waals surface area contributed by atoms with Gasteiger partial charge in [-0.15, -0.1) is 0 Å². The van der Waals surface area contributed by atoms with Crippen molar-refractivity contribution in [2.75, 3.05) is 6.61 Å². The molecule has 3 N–H and O–H groups in total. The lowest BCUT2D eigenvalue weighted by molar-refractivity contribution is -0.239. The molecule has 4 rings (SSSR count). The van der Waals surface area contributed by atoms with E-state index in [0.717, 1.165) is 0 Å². The molecule has 4 aliphatic rings. The minimum atomic E-state index is -2.24. The molecule has 36 heavy (non-hydrogen) atoms. The number of ether oxygens (including phenoxy) is 3. The Bertz CT molecular complexity index is 1100. The molecular weight excluding hydrogens is 472 g/mol. The Hall–Kier alpha value is -2.56. The summed E-state index contributed by atoms with van der Waals surface area (Å²) in [4.78, 5) is 49.2. The predicted octanol–water partition coefficient (Wildman–Crippen LogP) is 0.613. The number of fused-ring (bicyclic) bond motifs is 5. The molecule has 2 saturated carbocycles. The summed E-state index contributed by atoms with van der Waals surface area (Å²) in [6.07, 6.45) is 0.0416. The summed E-state index contributed by atoms with van der Waals surface area (Å²) < 4.78 is 16.7. The highest BCUT2D eigenvalue weighted by molar-refractivity contribution is 6.06. The molecule has 0 bridgehead atoms. The van der Waals surface area contributed by atoms with Crippen molar-refractivity contribution in [1.29, 1.82) is 0 Å². The van der Waals surface area contributed by atoms with Gasteiger partial charge in [0.25, 0.3) is 0 Å². The molecule has 0 amide bonds. The summed E-state index contributed by atoms with van der Waals surface area (Å²) in [5, 5.41) is 36.0. The number of Topliss-reactive ketones (excluding diaryl/α,β-unsaturated/α-hetero) is 1. The highest BCUT2D eigenvalue weighted by Gasteiger charge is 2.89. The molecule has 0 heterocycles. The van der Waals surface area contributed by atoms with E-state index in [4.69, 9.17) is 14.2 Å². The van der Waals surface area contributed by atoms with E-state index in [2.05, 4.69) is 0 Å². The van der Waals surface area contributed by atoms with Crippen LogP contribution in [-0.4, -0.2) is 74.6 Å². The minimum absolute atomic E-state index is 0.0487. The van der Waals surface area contributed by atoms with Gasteiger partial charge in [-0.3, -0.25) is 19.2 Å². The van der Waals surface area contributed by atoms with E-state index in [9.17, 15) is 34.5 Å². The molecular formula is C26H34O10. The van der Waals surface area contributed by atoms with Gasteiger partial charge in [-0.25, -0.2) is 0 Å². The maximum absolute atomic E-state index is 13.2. The zero-order valence-corrected chi connectivity index (χ0v) is 21.5. The van der Waals surface area contributed by atoms with Gasteiger partial charge in [0.2, 0.25) is 0 Å². The van der Waals surface area contributed by atoms with Crippen molar-refractivity contribution in [2.45, 2.75) is 77.5 Å². The van der Waals surface area contributed by atoms with Crippen LogP contribution in [0, 0.1) is 29.1 Å². The van der Waals surface area contributed by atoms with E-state index in [1.165, 1.54) is 39.8 Å². The van der Waals surface area contributed by atoms with Crippen LogP contribution in [0.3, 0.4) is 0 Å². The van der Waals surface area contributed by atoms with Crippen LogP contribution >= 0.6 is 0 Å². The lowest BCUT2D eigenvalue weighted by atomic mass is 9.58. The van der Waals surface area contributed by atoms with E-state index in [-0.39, 0.29) is 11.1 Å². The third-order valence-corrected chi connectivity index (χ3v) is 8.95. The number of esters is 3. The van der Waals surface area contributed by atoms with Gasteiger partial charge in [-0.2, -0.15) is 0 Å². The van der Waals surface area contributed by atoms with Crippen molar-refractivity contribution in [1.82, 2.24) is 0 Å². The summed E-state index contributed by atoms with van der Waals surface area (Å²) in [5.41, 5.74) is -6.21. The first kappa shape index (κ1) is 26.5. The molecule has 2 fully saturated rings. The number of carbonyl (C=O) groups excluding carboxylic acids is 4. The summed E-state index contributed by atoms with van der Waals surface area (Å²) in [5.74, 6) is -6.59. The number of ketones is 1. The summed E-state index contributed by atoms with van der Waals surface area (Å²) in [7, 11) is 0. The molecule has 0 saturated heterocycles. The standard InChI is InChI=1S/C26H34O10/c1-11-8-17-24(32,21(11)31)9-16(10-34-13(3)27)19(30)18-20-23(6,7)26(20,36-15(5)29)22(35-14(4)28)12(2)25(17,18)33/h8-9,12,17-20,22,30,32-33H,10H2,1-7H3/t12-,17-,18+,19+,20-,22-,24-,25+,26-/m1/s1. The fraction of sp³-hybridized carbons (Fsp3) is 0.692.